The highest BCUT2D eigenvalue weighted by molar-refractivity contribution is 5.77. The number of aromatic nitrogens is 2. The third-order valence-electron chi connectivity index (χ3n) is 4.66. The zero-order chi connectivity index (χ0) is 19.3. The Kier molecular flexibility index (Phi) is 4.94. The van der Waals surface area contributed by atoms with Gasteiger partial charge in [-0.05, 0) is 42.0 Å². The molecule has 5 heteroatoms. The molecule has 0 unspecified atom stereocenters. The maximum atomic E-state index is 8.88. The number of fused-ring (bicyclic) bond motifs is 1. The minimum absolute atomic E-state index is 0.534. The maximum Gasteiger partial charge on any atom is 0.128 e. The topological polar surface area (TPSA) is 62.9 Å². The molecule has 3 aromatic carbocycles. The van der Waals surface area contributed by atoms with E-state index in [0.717, 1.165) is 33.9 Å². The number of nitriles is 1. The number of imidazole rings is 1. The summed E-state index contributed by atoms with van der Waals surface area (Å²) in [4.78, 5) is 4.74. The molecule has 1 heterocycles. The second kappa shape index (κ2) is 7.85. The van der Waals surface area contributed by atoms with E-state index >= 15 is 0 Å². The molecule has 5 nitrogen and oxygen atoms in total. The number of hydrogen-bond acceptors (Lipinski definition) is 4. The number of aryl methyl sites for hydroxylation is 1. The summed E-state index contributed by atoms with van der Waals surface area (Å²) in [7, 11) is 2.01. The monoisotopic (exact) mass is 368 g/mol. The van der Waals surface area contributed by atoms with Gasteiger partial charge in [0.15, 0.2) is 0 Å². The van der Waals surface area contributed by atoms with Crippen molar-refractivity contribution in [1.82, 2.24) is 9.55 Å². The smallest absolute Gasteiger partial charge is 0.128 e. The van der Waals surface area contributed by atoms with Crippen molar-refractivity contribution in [1.29, 1.82) is 5.26 Å². The lowest BCUT2D eigenvalue weighted by molar-refractivity contribution is 0.306. The predicted molar refractivity (Wildman–Crippen MR) is 110 cm³/mol. The van der Waals surface area contributed by atoms with Gasteiger partial charge in [0.25, 0.3) is 0 Å². The van der Waals surface area contributed by atoms with E-state index in [1.807, 2.05) is 67.7 Å². The molecular weight excluding hydrogens is 348 g/mol. The van der Waals surface area contributed by atoms with Crippen LogP contribution in [0.5, 0.6) is 5.75 Å². The summed E-state index contributed by atoms with van der Waals surface area (Å²) >= 11 is 0. The van der Waals surface area contributed by atoms with Gasteiger partial charge in [-0.25, -0.2) is 4.98 Å². The first-order chi connectivity index (χ1) is 13.7. The van der Waals surface area contributed by atoms with Crippen molar-refractivity contribution in [3.05, 3.63) is 89.7 Å². The molecule has 138 valence electrons. The molecule has 28 heavy (non-hydrogen) atoms. The van der Waals surface area contributed by atoms with Crippen LogP contribution >= 0.6 is 0 Å². The number of anilines is 1. The van der Waals surface area contributed by atoms with E-state index in [4.69, 9.17) is 15.0 Å². The van der Waals surface area contributed by atoms with Gasteiger partial charge in [0.05, 0.1) is 29.2 Å². The molecule has 0 bridgehead atoms. The Morgan fingerprint density at radius 3 is 2.57 bits per heavy atom. The van der Waals surface area contributed by atoms with E-state index in [2.05, 4.69) is 16.0 Å². The lowest BCUT2D eigenvalue weighted by Gasteiger charge is -2.07. The second-order valence-electron chi connectivity index (χ2n) is 6.55. The quantitative estimate of drug-likeness (QED) is 0.539. The van der Waals surface area contributed by atoms with Crippen LogP contribution in [0.15, 0.2) is 72.8 Å². The van der Waals surface area contributed by atoms with Crippen molar-refractivity contribution in [2.24, 2.45) is 7.05 Å². The molecule has 0 aliphatic rings. The molecule has 0 aliphatic carbocycles. The molecule has 0 saturated heterocycles. The average Bonchev–Trinajstić information content (AvgIpc) is 3.07. The van der Waals surface area contributed by atoms with Gasteiger partial charge in [-0.15, -0.1) is 0 Å². The third-order valence-corrected chi connectivity index (χ3v) is 4.66. The Morgan fingerprint density at radius 1 is 1.04 bits per heavy atom. The fraction of sp³-hybridized carbons (Fsp3) is 0.130. The highest BCUT2D eigenvalue weighted by Crippen LogP contribution is 2.22. The number of ether oxygens (including phenoxy) is 1. The van der Waals surface area contributed by atoms with Crippen LogP contribution in [-0.4, -0.2) is 9.55 Å². The van der Waals surface area contributed by atoms with Crippen LogP contribution < -0.4 is 10.1 Å². The standard InChI is InChI=1S/C23H20N4O/c1-27-22-12-11-20(28-16-18-5-3-2-4-6-18)13-21(22)26-23(27)15-25-19-9-7-17(14-24)8-10-19/h2-13,25H,15-16H2,1H3. The molecule has 0 spiro atoms. The Labute approximate surface area is 163 Å². The summed E-state index contributed by atoms with van der Waals surface area (Å²) < 4.78 is 7.99. The highest BCUT2D eigenvalue weighted by Gasteiger charge is 2.09. The molecule has 4 rings (SSSR count). The molecular formula is C23H20N4O. The van der Waals surface area contributed by atoms with Crippen molar-refractivity contribution >= 4 is 16.7 Å². The van der Waals surface area contributed by atoms with Gasteiger partial charge in [-0.2, -0.15) is 5.26 Å². The van der Waals surface area contributed by atoms with Gasteiger partial charge in [0, 0.05) is 18.8 Å². The van der Waals surface area contributed by atoms with Crippen molar-refractivity contribution in [3.8, 4) is 11.8 Å². The number of hydrogen-bond donors (Lipinski definition) is 1. The first-order valence-corrected chi connectivity index (χ1v) is 9.09. The van der Waals surface area contributed by atoms with E-state index in [9.17, 15) is 0 Å². The number of rotatable bonds is 6. The number of nitrogens with one attached hydrogen (secondary N) is 1. The highest BCUT2D eigenvalue weighted by atomic mass is 16.5. The molecule has 1 aromatic heterocycles. The molecule has 0 amide bonds. The fourth-order valence-corrected chi connectivity index (χ4v) is 3.06. The lowest BCUT2D eigenvalue weighted by atomic mass is 10.2. The molecule has 0 atom stereocenters. The summed E-state index contributed by atoms with van der Waals surface area (Å²) in [5, 5.41) is 12.2. The lowest BCUT2D eigenvalue weighted by Crippen LogP contribution is -2.05. The second-order valence-corrected chi connectivity index (χ2v) is 6.55. The molecule has 4 aromatic rings. The zero-order valence-electron chi connectivity index (χ0n) is 15.6. The van der Waals surface area contributed by atoms with Crippen LogP contribution in [0.2, 0.25) is 0 Å². The van der Waals surface area contributed by atoms with Crippen LogP contribution in [0.25, 0.3) is 11.0 Å². The van der Waals surface area contributed by atoms with Crippen molar-refractivity contribution in [3.63, 3.8) is 0 Å². The van der Waals surface area contributed by atoms with Crippen LogP contribution in [0.3, 0.4) is 0 Å². The summed E-state index contributed by atoms with van der Waals surface area (Å²) in [5.41, 5.74) is 4.71. The van der Waals surface area contributed by atoms with E-state index in [-0.39, 0.29) is 0 Å². The van der Waals surface area contributed by atoms with Crippen LogP contribution in [0.1, 0.15) is 17.0 Å². The summed E-state index contributed by atoms with van der Waals surface area (Å²) in [5.74, 6) is 1.74. The first-order valence-electron chi connectivity index (χ1n) is 9.09. The molecule has 0 saturated carbocycles. The predicted octanol–water partition coefficient (Wildman–Crippen LogP) is 4.64. The number of benzene rings is 3. The molecule has 0 radical (unpaired) electrons. The fourth-order valence-electron chi connectivity index (χ4n) is 3.06. The van der Waals surface area contributed by atoms with Crippen molar-refractivity contribution < 1.29 is 4.74 Å². The van der Waals surface area contributed by atoms with Crippen molar-refractivity contribution in [2.75, 3.05) is 5.32 Å². The Bertz CT molecular complexity index is 1130. The van der Waals surface area contributed by atoms with Gasteiger partial charge in [0.2, 0.25) is 0 Å². The minimum Gasteiger partial charge on any atom is -0.489 e. The van der Waals surface area contributed by atoms with Gasteiger partial charge in [0.1, 0.15) is 18.2 Å². The van der Waals surface area contributed by atoms with E-state index < -0.39 is 0 Å². The van der Waals surface area contributed by atoms with E-state index in [1.165, 1.54) is 0 Å². The largest absolute Gasteiger partial charge is 0.489 e. The Morgan fingerprint density at radius 2 is 1.82 bits per heavy atom. The zero-order valence-corrected chi connectivity index (χ0v) is 15.6. The van der Waals surface area contributed by atoms with E-state index in [1.54, 1.807) is 12.1 Å². The Hall–Kier alpha value is -3.78. The minimum atomic E-state index is 0.534. The van der Waals surface area contributed by atoms with E-state index in [0.29, 0.717) is 18.7 Å². The van der Waals surface area contributed by atoms with Crippen LogP contribution in [0.4, 0.5) is 5.69 Å². The third kappa shape index (κ3) is 3.81. The SMILES string of the molecule is Cn1c(CNc2ccc(C#N)cc2)nc2cc(OCc3ccccc3)ccc21. The van der Waals surface area contributed by atoms with Crippen LogP contribution in [-0.2, 0) is 20.2 Å². The summed E-state index contributed by atoms with van der Waals surface area (Å²) in [6.45, 7) is 1.13. The first kappa shape index (κ1) is 17.6. The molecule has 1 N–H and O–H groups in total. The van der Waals surface area contributed by atoms with Gasteiger partial charge in [-0.3, -0.25) is 0 Å². The van der Waals surface area contributed by atoms with Crippen molar-refractivity contribution in [2.45, 2.75) is 13.2 Å². The summed E-state index contributed by atoms with van der Waals surface area (Å²) in [6, 6.07) is 25.6. The molecule has 0 aliphatic heterocycles. The van der Waals surface area contributed by atoms with Gasteiger partial charge < -0.3 is 14.6 Å². The van der Waals surface area contributed by atoms with Gasteiger partial charge >= 0.3 is 0 Å². The average molecular weight is 368 g/mol. The van der Waals surface area contributed by atoms with Gasteiger partial charge in [-0.1, -0.05) is 30.3 Å². The summed E-state index contributed by atoms with van der Waals surface area (Å²) in [6.07, 6.45) is 0. The maximum absolute atomic E-state index is 8.88. The Balaban J connectivity index is 1.47. The normalized spacial score (nSPS) is 10.6. The molecule has 0 fully saturated rings. The van der Waals surface area contributed by atoms with Crippen LogP contribution in [0, 0.1) is 11.3 Å². The number of nitrogens with zero attached hydrogens (tertiary/aromatic N) is 3.